The quantitative estimate of drug-likeness (QED) is 0.746. The highest BCUT2D eigenvalue weighted by molar-refractivity contribution is 7.89. The van der Waals surface area contributed by atoms with E-state index in [1.54, 1.807) is 43.6 Å². The fraction of sp³-hybridized carbons (Fsp3) is 0.308. The molecule has 6 nitrogen and oxygen atoms in total. The Kier molecular flexibility index (Phi) is 4.53. The van der Waals surface area contributed by atoms with Crippen LogP contribution in [0.25, 0.3) is 0 Å². The Morgan fingerprint density at radius 2 is 2.00 bits per heavy atom. The number of benzene rings is 1. The van der Waals surface area contributed by atoms with Crippen molar-refractivity contribution in [2.24, 2.45) is 0 Å². The van der Waals surface area contributed by atoms with Crippen LogP contribution in [0.4, 0.5) is 0 Å². The molecule has 0 saturated heterocycles. The van der Waals surface area contributed by atoms with Crippen molar-refractivity contribution in [2.75, 3.05) is 7.05 Å². The fourth-order valence-electron chi connectivity index (χ4n) is 1.86. The van der Waals surface area contributed by atoms with Crippen molar-refractivity contribution < 1.29 is 8.42 Å². The van der Waals surface area contributed by atoms with Gasteiger partial charge in [0.15, 0.2) is 0 Å². The van der Waals surface area contributed by atoms with E-state index in [1.807, 2.05) is 7.05 Å². The lowest BCUT2D eigenvalue weighted by atomic mass is 10.2. The molecule has 1 heterocycles. The number of rotatable bonds is 6. The molecule has 0 bridgehead atoms. The van der Waals surface area contributed by atoms with E-state index < -0.39 is 10.0 Å². The molecular formula is C13H18N4O2S. The average molecular weight is 294 g/mol. The molecule has 0 fully saturated rings. The van der Waals surface area contributed by atoms with Gasteiger partial charge in [-0.2, -0.15) is 5.10 Å². The third kappa shape index (κ3) is 3.44. The van der Waals surface area contributed by atoms with Gasteiger partial charge in [0.2, 0.25) is 10.0 Å². The average Bonchev–Trinajstić information content (AvgIpc) is 2.93. The Bertz CT molecular complexity index is 636. The van der Waals surface area contributed by atoms with E-state index in [0.29, 0.717) is 6.54 Å². The number of hydrogen-bond acceptors (Lipinski definition) is 4. The maximum Gasteiger partial charge on any atom is 0.241 e. The molecule has 0 aliphatic carbocycles. The maximum absolute atomic E-state index is 12.2. The van der Waals surface area contributed by atoms with Crippen LogP contribution in [0.2, 0.25) is 0 Å². The molecule has 1 aromatic heterocycles. The summed E-state index contributed by atoms with van der Waals surface area (Å²) in [6.45, 7) is 2.48. The number of sulfonamides is 1. The lowest BCUT2D eigenvalue weighted by Crippen LogP contribution is -2.26. The van der Waals surface area contributed by atoms with E-state index in [-0.39, 0.29) is 10.9 Å². The summed E-state index contributed by atoms with van der Waals surface area (Å²) in [5, 5.41) is 9.49. The summed E-state index contributed by atoms with van der Waals surface area (Å²) in [6, 6.07) is 6.48. The summed E-state index contributed by atoms with van der Waals surface area (Å²) in [5.41, 5.74) is 1.83. The minimum absolute atomic E-state index is 0.257. The van der Waals surface area contributed by atoms with E-state index in [0.717, 1.165) is 11.1 Å². The molecule has 1 atom stereocenters. The van der Waals surface area contributed by atoms with Gasteiger partial charge in [0.05, 0.1) is 11.1 Å². The predicted octanol–water partition coefficient (Wildman–Crippen LogP) is 1.17. The van der Waals surface area contributed by atoms with Crippen molar-refractivity contribution in [3.63, 3.8) is 0 Å². The van der Waals surface area contributed by atoms with Gasteiger partial charge in [-0.1, -0.05) is 12.1 Å². The molecule has 2 rings (SSSR count). The largest absolute Gasteiger partial charge is 0.316 e. The number of nitrogens with one attached hydrogen (secondary N) is 3. The zero-order valence-electron chi connectivity index (χ0n) is 11.4. The Morgan fingerprint density at radius 3 is 2.55 bits per heavy atom. The summed E-state index contributed by atoms with van der Waals surface area (Å²) in [4.78, 5) is 0.257. The van der Waals surface area contributed by atoms with Crippen molar-refractivity contribution in [3.8, 4) is 0 Å². The van der Waals surface area contributed by atoms with E-state index >= 15 is 0 Å². The number of nitrogens with zero attached hydrogens (tertiary/aromatic N) is 1. The third-order valence-corrected chi connectivity index (χ3v) is 4.52. The van der Waals surface area contributed by atoms with Gasteiger partial charge in [-0.05, 0) is 31.7 Å². The van der Waals surface area contributed by atoms with Crippen LogP contribution in [-0.2, 0) is 16.6 Å². The number of aromatic amines is 1. The van der Waals surface area contributed by atoms with Gasteiger partial charge >= 0.3 is 0 Å². The highest BCUT2D eigenvalue weighted by Crippen LogP contribution is 2.16. The van der Waals surface area contributed by atoms with Crippen LogP contribution in [0.3, 0.4) is 0 Å². The SMILES string of the molecule is CNCc1ccc(S(=O)(=O)NC(C)c2cn[nH]c2)cc1. The van der Waals surface area contributed by atoms with Gasteiger partial charge < -0.3 is 5.32 Å². The first-order valence-corrected chi connectivity index (χ1v) is 7.76. The summed E-state index contributed by atoms with van der Waals surface area (Å²) in [7, 11) is -1.68. The normalized spacial score (nSPS) is 13.3. The third-order valence-electron chi connectivity index (χ3n) is 2.97. The molecule has 0 radical (unpaired) electrons. The van der Waals surface area contributed by atoms with Crippen LogP contribution in [0.1, 0.15) is 24.1 Å². The van der Waals surface area contributed by atoms with Gasteiger partial charge in [0.1, 0.15) is 0 Å². The monoisotopic (exact) mass is 294 g/mol. The lowest BCUT2D eigenvalue weighted by molar-refractivity contribution is 0.567. The Morgan fingerprint density at radius 1 is 1.30 bits per heavy atom. The molecule has 1 aromatic carbocycles. The Balaban J connectivity index is 2.13. The Hall–Kier alpha value is -1.70. The molecule has 2 aromatic rings. The second-order valence-electron chi connectivity index (χ2n) is 4.55. The van der Waals surface area contributed by atoms with Crippen LogP contribution in [-0.4, -0.2) is 25.7 Å². The molecular weight excluding hydrogens is 276 g/mol. The second-order valence-corrected chi connectivity index (χ2v) is 6.26. The van der Waals surface area contributed by atoms with Gasteiger partial charge in [0.25, 0.3) is 0 Å². The molecule has 20 heavy (non-hydrogen) atoms. The van der Waals surface area contributed by atoms with Crippen molar-refractivity contribution in [1.82, 2.24) is 20.2 Å². The molecule has 0 amide bonds. The summed E-state index contributed by atoms with van der Waals surface area (Å²) in [5.74, 6) is 0. The first-order valence-electron chi connectivity index (χ1n) is 6.27. The van der Waals surface area contributed by atoms with Gasteiger partial charge in [-0.3, -0.25) is 5.10 Å². The summed E-state index contributed by atoms with van der Waals surface area (Å²) >= 11 is 0. The molecule has 1 unspecified atom stereocenters. The van der Waals surface area contributed by atoms with Crippen LogP contribution < -0.4 is 10.0 Å². The van der Waals surface area contributed by atoms with E-state index in [2.05, 4.69) is 20.2 Å². The first-order chi connectivity index (χ1) is 9.53. The number of H-pyrrole nitrogens is 1. The predicted molar refractivity (Wildman–Crippen MR) is 76.5 cm³/mol. The minimum atomic E-state index is -3.53. The van der Waals surface area contributed by atoms with Crippen LogP contribution in [0.5, 0.6) is 0 Å². The van der Waals surface area contributed by atoms with Crippen molar-refractivity contribution in [3.05, 3.63) is 47.8 Å². The van der Waals surface area contributed by atoms with Gasteiger partial charge in [-0.15, -0.1) is 0 Å². The van der Waals surface area contributed by atoms with Crippen LogP contribution >= 0.6 is 0 Å². The van der Waals surface area contributed by atoms with Gasteiger partial charge in [-0.25, -0.2) is 13.1 Å². The topological polar surface area (TPSA) is 86.9 Å². The van der Waals surface area contributed by atoms with Crippen molar-refractivity contribution >= 4 is 10.0 Å². The lowest BCUT2D eigenvalue weighted by Gasteiger charge is -2.13. The van der Waals surface area contributed by atoms with Crippen LogP contribution in [0.15, 0.2) is 41.6 Å². The zero-order valence-corrected chi connectivity index (χ0v) is 12.2. The van der Waals surface area contributed by atoms with Crippen molar-refractivity contribution in [2.45, 2.75) is 24.4 Å². The van der Waals surface area contributed by atoms with E-state index in [9.17, 15) is 8.42 Å². The molecule has 0 aliphatic rings. The molecule has 0 saturated carbocycles. The highest BCUT2D eigenvalue weighted by Gasteiger charge is 2.18. The number of aromatic nitrogens is 2. The maximum atomic E-state index is 12.2. The van der Waals surface area contributed by atoms with E-state index in [1.165, 1.54) is 0 Å². The second kappa shape index (κ2) is 6.17. The van der Waals surface area contributed by atoms with Crippen LogP contribution in [0, 0.1) is 0 Å². The zero-order chi connectivity index (χ0) is 14.6. The summed E-state index contributed by atoms with van der Waals surface area (Å²) in [6.07, 6.45) is 3.27. The molecule has 7 heteroatoms. The smallest absolute Gasteiger partial charge is 0.241 e. The first kappa shape index (κ1) is 14.7. The molecule has 108 valence electrons. The van der Waals surface area contributed by atoms with Gasteiger partial charge in [0, 0.05) is 24.3 Å². The molecule has 0 aliphatic heterocycles. The minimum Gasteiger partial charge on any atom is -0.316 e. The summed E-state index contributed by atoms with van der Waals surface area (Å²) < 4.78 is 27.1. The highest BCUT2D eigenvalue weighted by atomic mass is 32.2. The molecule has 0 spiro atoms. The number of hydrogen-bond donors (Lipinski definition) is 3. The molecule has 3 N–H and O–H groups in total. The Labute approximate surface area is 118 Å². The van der Waals surface area contributed by atoms with E-state index in [4.69, 9.17) is 0 Å². The van der Waals surface area contributed by atoms with Crippen molar-refractivity contribution in [1.29, 1.82) is 0 Å². The fourth-order valence-corrected chi connectivity index (χ4v) is 3.09. The standard InChI is InChI=1S/C13H18N4O2S/c1-10(12-8-15-16-9-12)17-20(18,19)13-5-3-11(4-6-13)7-14-2/h3-6,8-10,14,17H,7H2,1-2H3,(H,15,16).